The molecule has 0 spiro atoms. The van der Waals surface area contributed by atoms with Gasteiger partial charge in [-0.15, -0.1) is 0 Å². The third-order valence-corrected chi connectivity index (χ3v) is 2.51. The number of carbonyl (C=O) groups excluding carboxylic acids is 1. The van der Waals surface area contributed by atoms with Crippen molar-refractivity contribution in [3.8, 4) is 5.75 Å². The topological polar surface area (TPSA) is 38.3 Å². The molecule has 0 saturated heterocycles. The van der Waals surface area contributed by atoms with E-state index in [0.717, 1.165) is 12.1 Å². The molecule has 0 unspecified atom stereocenters. The Morgan fingerprint density at radius 2 is 1.89 bits per heavy atom. The molecule has 98 valence electrons. The average Bonchev–Trinajstić information content (AvgIpc) is 2.43. The molecule has 2 aromatic carbocycles. The second-order valence-electron chi connectivity index (χ2n) is 3.81. The van der Waals surface area contributed by atoms with Gasteiger partial charge in [-0.1, -0.05) is 6.07 Å². The largest absolute Gasteiger partial charge is 0.497 e. The zero-order valence-corrected chi connectivity index (χ0v) is 10.1. The maximum absolute atomic E-state index is 13.0. The molecule has 5 heteroatoms. The van der Waals surface area contributed by atoms with Gasteiger partial charge >= 0.3 is 0 Å². The third kappa shape index (κ3) is 3.07. The molecular weight excluding hydrogens is 252 g/mol. The van der Waals surface area contributed by atoms with Gasteiger partial charge in [0.15, 0.2) is 11.6 Å². The maximum Gasteiger partial charge on any atom is 0.255 e. The number of benzene rings is 2. The summed E-state index contributed by atoms with van der Waals surface area (Å²) >= 11 is 0. The van der Waals surface area contributed by atoms with Crippen LogP contribution in [0.15, 0.2) is 42.5 Å². The Kier molecular flexibility index (Phi) is 3.75. The predicted octanol–water partition coefficient (Wildman–Crippen LogP) is 3.23. The quantitative estimate of drug-likeness (QED) is 0.923. The molecule has 1 amide bonds. The Hall–Kier alpha value is -2.43. The van der Waals surface area contributed by atoms with E-state index in [2.05, 4.69) is 5.32 Å². The van der Waals surface area contributed by atoms with Crippen LogP contribution in [0.1, 0.15) is 10.4 Å². The average molecular weight is 263 g/mol. The number of rotatable bonds is 3. The number of ether oxygens (including phenoxy) is 1. The van der Waals surface area contributed by atoms with E-state index in [1.54, 1.807) is 24.3 Å². The van der Waals surface area contributed by atoms with E-state index in [9.17, 15) is 13.6 Å². The fraction of sp³-hybridized carbons (Fsp3) is 0.0714. The van der Waals surface area contributed by atoms with Gasteiger partial charge in [0.25, 0.3) is 5.91 Å². The van der Waals surface area contributed by atoms with E-state index in [4.69, 9.17) is 4.74 Å². The van der Waals surface area contributed by atoms with Crippen LogP contribution in [-0.4, -0.2) is 13.0 Å². The van der Waals surface area contributed by atoms with Crippen molar-refractivity contribution in [3.05, 3.63) is 59.7 Å². The number of halogens is 2. The molecule has 3 nitrogen and oxygen atoms in total. The minimum absolute atomic E-state index is 0.187. The second kappa shape index (κ2) is 5.48. The van der Waals surface area contributed by atoms with Crippen LogP contribution in [0.2, 0.25) is 0 Å². The van der Waals surface area contributed by atoms with Gasteiger partial charge in [-0.2, -0.15) is 0 Å². The number of nitrogens with one attached hydrogen (secondary N) is 1. The van der Waals surface area contributed by atoms with Crippen LogP contribution < -0.4 is 10.1 Å². The highest BCUT2D eigenvalue weighted by Gasteiger charge is 2.09. The van der Waals surface area contributed by atoms with Gasteiger partial charge in [0.1, 0.15) is 5.75 Å². The first-order valence-corrected chi connectivity index (χ1v) is 5.50. The van der Waals surface area contributed by atoms with Crippen molar-refractivity contribution < 1.29 is 18.3 Å². The highest BCUT2D eigenvalue weighted by atomic mass is 19.2. The molecule has 0 bridgehead atoms. The summed E-state index contributed by atoms with van der Waals surface area (Å²) in [6.45, 7) is 0. The van der Waals surface area contributed by atoms with E-state index in [1.165, 1.54) is 13.2 Å². The summed E-state index contributed by atoms with van der Waals surface area (Å²) in [7, 11) is 1.49. The van der Waals surface area contributed by atoms with E-state index < -0.39 is 17.5 Å². The van der Waals surface area contributed by atoms with E-state index in [1.807, 2.05) is 0 Å². The molecule has 0 heterocycles. The summed E-state index contributed by atoms with van der Waals surface area (Å²) in [6, 6.07) is 9.68. The molecule has 0 fully saturated rings. The summed E-state index contributed by atoms with van der Waals surface area (Å²) < 4.78 is 30.8. The highest BCUT2D eigenvalue weighted by Crippen LogP contribution is 2.16. The van der Waals surface area contributed by atoms with Crippen molar-refractivity contribution in [2.75, 3.05) is 12.4 Å². The molecule has 1 N–H and O–H groups in total. The molecule has 2 rings (SSSR count). The highest BCUT2D eigenvalue weighted by molar-refractivity contribution is 6.04. The molecule has 0 aliphatic heterocycles. The minimum Gasteiger partial charge on any atom is -0.497 e. The second-order valence-corrected chi connectivity index (χ2v) is 3.81. The number of carbonyl (C=O) groups is 1. The molecule has 2 aromatic rings. The zero-order chi connectivity index (χ0) is 13.8. The molecule has 19 heavy (non-hydrogen) atoms. The third-order valence-electron chi connectivity index (χ3n) is 2.51. The van der Waals surface area contributed by atoms with E-state index in [-0.39, 0.29) is 5.69 Å². The van der Waals surface area contributed by atoms with Crippen LogP contribution in [0, 0.1) is 11.6 Å². The molecule has 0 aliphatic carbocycles. The lowest BCUT2D eigenvalue weighted by atomic mass is 10.2. The van der Waals surface area contributed by atoms with Gasteiger partial charge in [-0.05, 0) is 30.3 Å². The lowest BCUT2D eigenvalue weighted by molar-refractivity contribution is 0.102. The van der Waals surface area contributed by atoms with Gasteiger partial charge in [0.05, 0.1) is 7.11 Å². The summed E-state index contributed by atoms with van der Waals surface area (Å²) in [5, 5.41) is 2.48. The number of hydrogen-bond acceptors (Lipinski definition) is 2. The summed E-state index contributed by atoms with van der Waals surface area (Å²) in [4.78, 5) is 11.9. The van der Waals surface area contributed by atoms with Gasteiger partial charge in [0, 0.05) is 17.3 Å². The lowest BCUT2D eigenvalue weighted by Gasteiger charge is -2.07. The minimum atomic E-state index is -1.01. The Labute approximate surface area is 108 Å². The van der Waals surface area contributed by atoms with Crippen molar-refractivity contribution in [3.63, 3.8) is 0 Å². The molecular formula is C14H11F2NO2. The van der Waals surface area contributed by atoms with Crippen LogP contribution >= 0.6 is 0 Å². The van der Waals surface area contributed by atoms with E-state index in [0.29, 0.717) is 11.3 Å². The Morgan fingerprint density at radius 3 is 2.58 bits per heavy atom. The normalized spacial score (nSPS) is 10.1. The van der Waals surface area contributed by atoms with Crippen molar-refractivity contribution >= 4 is 11.6 Å². The van der Waals surface area contributed by atoms with Gasteiger partial charge in [0.2, 0.25) is 0 Å². The summed E-state index contributed by atoms with van der Waals surface area (Å²) in [6.07, 6.45) is 0. The SMILES string of the molecule is COc1cccc(C(=O)Nc2ccc(F)c(F)c2)c1. The molecule has 0 aliphatic rings. The number of amides is 1. The number of methoxy groups -OCH3 is 1. The van der Waals surface area contributed by atoms with Crippen LogP contribution in [0.25, 0.3) is 0 Å². The zero-order valence-electron chi connectivity index (χ0n) is 10.1. The Morgan fingerprint density at radius 1 is 1.11 bits per heavy atom. The lowest BCUT2D eigenvalue weighted by Crippen LogP contribution is -2.12. The van der Waals surface area contributed by atoms with Crippen molar-refractivity contribution in [2.24, 2.45) is 0 Å². The van der Waals surface area contributed by atoms with E-state index >= 15 is 0 Å². The summed E-state index contributed by atoms with van der Waals surface area (Å²) in [5.41, 5.74) is 0.552. The van der Waals surface area contributed by atoms with Crippen LogP contribution in [0.4, 0.5) is 14.5 Å². The first-order valence-electron chi connectivity index (χ1n) is 5.50. The van der Waals surface area contributed by atoms with Gasteiger partial charge in [-0.25, -0.2) is 8.78 Å². The van der Waals surface area contributed by atoms with Gasteiger partial charge < -0.3 is 10.1 Å². The van der Waals surface area contributed by atoms with Gasteiger partial charge in [-0.3, -0.25) is 4.79 Å². The smallest absolute Gasteiger partial charge is 0.255 e. The monoisotopic (exact) mass is 263 g/mol. The maximum atomic E-state index is 13.0. The predicted molar refractivity (Wildman–Crippen MR) is 67.3 cm³/mol. The molecule has 0 radical (unpaired) electrons. The molecule has 0 saturated carbocycles. The van der Waals surface area contributed by atoms with Crippen LogP contribution in [0.3, 0.4) is 0 Å². The van der Waals surface area contributed by atoms with Crippen LogP contribution in [-0.2, 0) is 0 Å². The first-order chi connectivity index (χ1) is 9.10. The fourth-order valence-corrected chi connectivity index (χ4v) is 1.54. The molecule has 0 atom stereocenters. The molecule has 0 aromatic heterocycles. The van der Waals surface area contributed by atoms with Crippen molar-refractivity contribution in [1.82, 2.24) is 0 Å². The number of hydrogen-bond donors (Lipinski definition) is 1. The van der Waals surface area contributed by atoms with Crippen molar-refractivity contribution in [2.45, 2.75) is 0 Å². The first kappa shape index (κ1) is 13.0. The Balaban J connectivity index is 2.18. The fourth-order valence-electron chi connectivity index (χ4n) is 1.54. The Bertz CT molecular complexity index is 614. The van der Waals surface area contributed by atoms with Crippen molar-refractivity contribution in [1.29, 1.82) is 0 Å². The van der Waals surface area contributed by atoms with Crippen LogP contribution in [0.5, 0.6) is 5.75 Å². The summed E-state index contributed by atoms with van der Waals surface area (Å²) in [5.74, 6) is -1.86. The standard InChI is InChI=1S/C14H11F2NO2/c1-19-11-4-2-3-9(7-11)14(18)17-10-5-6-12(15)13(16)8-10/h2-8H,1H3,(H,17,18). The number of anilines is 1.